The minimum absolute atomic E-state index is 0.0230. The lowest BCUT2D eigenvalue weighted by Crippen LogP contribution is -2.43. The maximum atomic E-state index is 12.3. The Hall–Kier alpha value is -2.00. The molecule has 1 heterocycles. The molecule has 0 amide bonds. The van der Waals surface area contributed by atoms with Gasteiger partial charge in [-0.05, 0) is 0 Å². The number of ether oxygens (including phenoxy) is 2. The minimum Gasteiger partial charge on any atom is -0.389 e. The predicted molar refractivity (Wildman–Crippen MR) is 89.0 cm³/mol. The van der Waals surface area contributed by atoms with Crippen LogP contribution in [-0.4, -0.2) is 58.0 Å². The summed E-state index contributed by atoms with van der Waals surface area (Å²) in [6.45, 7) is 7.32. The zero-order valence-electron chi connectivity index (χ0n) is 13.5. The van der Waals surface area contributed by atoms with Crippen molar-refractivity contribution in [3.05, 3.63) is 58.4 Å². The quantitative estimate of drug-likeness (QED) is 0.379. The van der Waals surface area contributed by atoms with Gasteiger partial charge in [-0.3, -0.25) is 13.9 Å². The smallest absolute Gasteiger partial charge is 0.331 e. The highest BCUT2D eigenvalue weighted by Crippen LogP contribution is 1.93. The van der Waals surface area contributed by atoms with Gasteiger partial charge in [-0.1, -0.05) is 12.2 Å². The molecule has 0 saturated carbocycles. The predicted octanol–water partition coefficient (Wildman–Crippen LogP) is -0.863. The van der Waals surface area contributed by atoms with Crippen LogP contribution in [0.5, 0.6) is 0 Å². The Balaban J connectivity index is 2.76. The summed E-state index contributed by atoms with van der Waals surface area (Å²) >= 11 is 0. The van der Waals surface area contributed by atoms with Crippen LogP contribution in [0.1, 0.15) is 0 Å². The monoisotopic (exact) mass is 340 g/mol. The Kier molecular flexibility index (Phi) is 8.95. The molecule has 134 valence electrons. The van der Waals surface area contributed by atoms with Crippen LogP contribution in [0.3, 0.4) is 0 Å². The van der Waals surface area contributed by atoms with E-state index < -0.39 is 23.5 Å². The molecule has 2 atom stereocenters. The third-order valence-corrected chi connectivity index (χ3v) is 3.03. The maximum absolute atomic E-state index is 12.3. The van der Waals surface area contributed by atoms with Crippen molar-refractivity contribution >= 4 is 0 Å². The SMILES string of the molecule is C=CCOCC(O)Cn1ccc(=O)n(CC(O)COCC=C)c1=O. The fourth-order valence-electron chi connectivity index (χ4n) is 1.98. The van der Waals surface area contributed by atoms with Crippen molar-refractivity contribution in [1.82, 2.24) is 9.13 Å². The summed E-state index contributed by atoms with van der Waals surface area (Å²) < 4.78 is 12.3. The Morgan fingerprint density at radius 2 is 1.58 bits per heavy atom. The minimum atomic E-state index is -1.01. The molecule has 0 fully saturated rings. The molecule has 2 unspecified atom stereocenters. The number of nitrogens with zero attached hydrogens (tertiary/aromatic N) is 2. The van der Waals surface area contributed by atoms with Crippen LogP contribution in [0, 0.1) is 0 Å². The highest BCUT2D eigenvalue weighted by molar-refractivity contribution is 4.87. The van der Waals surface area contributed by atoms with Crippen molar-refractivity contribution in [2.75, 3.05) is 26.4 Å². The van der Waals surface area contributed by atoms with E-state index >= 15 is 0 Å². The summed E-state index contributed by atoms with van der Waals surface area (Å²) in [5, 5.41) is 19.7. The lowest BCUT2D eigenvalue weighted by Gasteiger charge is -2.16. The Morgan fingerprint density at radius 3 is 2.12 bits per heavy atom. The van der Waals surface area contributed by atoms with Gasteiger partial charge in [-0.2, -0.15) is 0 Å². The van der Waals surface area contributed by atoms with Gasteiger partial charge in [-0.15, -0.1) is 13.2 Å². The van der Waals surface area contributed by atoms with Gasteiger partial charge in [0.25, 0.3) is 5.56 Å². The first-order chi connectivity index (χ1) is 11.5. The van der Waals surface area contributed by atoms with Gasteiger partial charge >= 0.3 is 5.69 Å². The van der Waals surface area contributed by atoms with Crippen molar-refractivity contribution in [3.63, 3.8) is 0 Å². The molecule has 24 heavy (non-hydrogen) atoms. The van der Waals surface area contributed by atoms with Gasteiger partial charge in [0.2, 0.25) is 0 Å². The second-order valence-corrected chi connectivity index (χ2v) is 5.16. The largest absolute Gasteiger partial charge is 0.389 e. The summed E-state index contributed by atoms with van der Waals surface area (Å²) in [6.07, 6.45) is 2.47. The van der Waals surface area contributed by atoms with Crippen LogP contribution in [0.25, 0.3) is 0 Å². The first-order valence-electron chi connectivity index (χ1n) is 7.53. The molecular weight excluding hydrogens is 316 g/mol. The number of hydrogen-bond donors (Lipinski definition) is 2. The van der Waals surface area contributed by atoms with Crippen molar-refractivity contribution in [1.29, 1.82) is 0 Å². The van der Waals surface area contributed by atoms with Crippen LogP contribution < -0.4 is 11.2 Å². The van der Waals surface area contributed by atoms with E-state index in [0.717, 1.165) is 4.57 Å². The van der Waals surface area contributed by atoms with Gasteiger partial charge in [-0.25, -0.2) is 4.79 Å². The van der Waals surface area contributed by atoms with Gasteiger partial charge in [0.1, 0.15) is 0 Å². The molecule has 0 aliphatic carbocycles. The van der Waals surface area contributed by atoms with E-state index in [1.807, 2.05) is 0 Å². The molecule has 1 rings (SSSR count). The van der Waals surface area contributed by atoms with E-state index in [4.69, 9.17) is 9.47 Å². The third-order valence-electron chi connectivity index (χ3n) is 3.03. The van der Waals surface area contributed by atoms with E-state index in [-0.39, 0.29) is 32.9 Å². The average molecular weight is 340 g/mol. The molecular formula is C16H24N2O6. The number of aliphatic hydroxyl groups is 2. The van der Waals surface area contributed by atoms with Crippen molar-refractivity contribution in [2.24, 2.45) is 0 Å². The first-order valence-corrected chi connectivity index (χ1v) is 7.53. The molecule has 0 bridgehead atoms. The number of aliphatic hydroxyl groups excluding tert-OH is 2. The fourth-order valence-corrected chi connectivity index (χ4v) is 1.98. The second kappa shape index (κ2) is 10.7. The van der Waals surface area contributed by atoms with Gasteiger partial charge in [0.15, 0.2) is 0 Å². The average Bonchev–Trinajstić information content (AvgIpc) is 2.55. The Labute approximate surface area is 139 Å². The van der Waals surface area contributed by atoms with Gasteiger partial charge in [0, 0.05) is 12.3 Å². The molecule has 0 spiro atoms. The van der Waals surface area contributed by atoms with Crippen LogP contribution >= 0.6 is 0 Å². The second-order valence-electron chi connectivity index (χ2n) is 5.16. The lowest BCUT2D eigenvalue weighted by molar-refractivity contribution is 0.0344. The fraction of sp³-hybridized carbons (Fsp3) is 0.500. The maximum Gasteiger partial charge on any atom is 0.331 e. The molecule has 0 aliphatic heterocycles. The van der Waals surface area contributed by atoms with E-state index in [0.29, 0.717) is 6.61 Å². The summed E-state index contributed by atoms with van der Waals surface area (Å²) in [5.74, 6) is 0. The van der Waals surface area contributed by atoms with E-state index in [1.54, 1.807) is 6.08 Å². The number of hydrogen-bond acceptors (Lipinski definition) is 6. The molecule has 1 aromatic heterocycles. The summed E-state index contributed by atoms with van der Waals surface area (Å²) in [4.78, 5) is 24.1. The van der Waals surface area contributed by atoms with Crippen molar-refractivity contribution in [3.8, 4) is 0 Å². The highest BCUT2D eigenvalue weighted by Gasteiger charge is 2.13. The van der Waals surface area contributed by atoms with Gasteiger partial charge < -0.3 is 19.7 Å². The van der Waals surface area contributed by atoms with Crippen LogP contribution in [0.4, 0.5) is 0 Å². The van der Waals surface area contributed by atoms with Crippen LogP contribution in [0.2, 0.25) is 0 Å². The highest BCUT2D eigenvalue weighted by atomic mass is 16.5. The topological polar surface area (TPSA) is 103 Å². The number of aromatic nitrogens is 2. The molecule has 0 aromatic carbocycles. The van der Waals surface area contributed by atoms with Crippen molar-refractivity contribution < 1.29 is 19.7 Å². The first kappa shape index (κ1) is 20.0. The zero-order chi connectivity index (χ0) is 17.9. The normalized spacial score (nSPS) is 13.4. The standard InChI is InChI=1S/C16H24N2O6/c1-3-7-23-11-13(19)9-17-6-5-15(21)18(16(17)22)10-14(20)12-24-8-4-2/h3-6,13-14,19-20H,1-2,7-12H2. The molecule has 8 nitrogen and oxygen atoms in total. The summed E-state index contributed by atoms with van der Waals surface area (Å²) in [7, 11) is 0. The lowest BCUT2D eigenvalue weighted by atomic mass is 10.3. The molecule has 0 saturated heterocycles. The molecule has 2 N–H and O–H groups in total. The Morgan fingerprint density at radius 1 is 1.04 bits per heavy atom. The molecule has 8 heteroatoms. The van der Waals surface area contributed by atoms with E-state index in [9.17, 15) is 19.8 Å². The van der Waals surface area contributed by atoms with Gasteiger partial charge in [0.05, 0.1) is 51.7 Å². The molecule has 0 aliphatic rings. The zero-order valence-corrected chi connectivity index (χ0v) is 13.5. The molecule has 1 aromatic rings. The van der Waals surface area contributed by atoms with Crippen LogP contribution in [0.15, 0.2) is 47.2 Å². The molecule has 0 radical (unpaired) electrons. The van der Waals surface area contributed by atoms with Crippen molar-refractivity contribution in [2.45, 2.75) is 25.3 Å². The Bertz CT molecular complexity index is 636. The summed E-state index contributed by atoms with van der Waals surface area (Å²) in [6, 6.07) is 1.20. The summed E-state index contributed by atoms with van der Waals surface area (Å²) in [5.41, 5.74) is -1.15. The third kappa shape index (κ3) is 6.63. The van der Waals surface area contributed by atoms with Crippen LogP contribution in [-0.2, 0) is 22.6 Å². The van der Waals surface area contributed by atoms with E-state index in [1.165, 1.54) is 22.9 Å². The van der Waals surface area contributed by atoms with E-state index in [2.05, 4.69) is 13.2 Å². The number of rotatable bonds is 12.